The van der Waals surface area contributed by atoms with E-state index in [0.29, 0.717) is 37.8 Å². The van der Waals surface area contributed by atoms with E-state index in [1.807, 2.05) is 42.5 Å². The Bertz CT molecular complexity index is 1230. The Balaban J connectivity index is 1.05. The van der Waals surface area contributed by atoms with Gasteiger partial charge in [-0.25, -0.2) is 4.79 Å². The van der Waals surface area contributed by atoms with Gasteiger partial charge in [-0.2, -0.15) is 0 Å². The van der Waals surface area contributed by atoms with Gasteiger partial charge < -0.3 is 23.7 Å². The van der Waals surface area contributed by atoms with Crippen LogP contribution in [0, 0.1) is 0 Å². The van der Waals surface area contributed by atoms with Crippen LogP contribution in [0.3, 0.4) is 0 Å². The summed E-state index contributed by atoms with van der Waals surface area (Å²) in [5.41, 5.74) is 1.62. The van der Waals surface area contributed by atoms with Crippen LogP contribution in [0.2, 0.25) is 0 Å². The van der Waals surface area contributed by atoms with Gasteiger partial charge in [-0.3, -0.25) is 14.8 Å². The van der Waals surface area contributed by atoms with Crippen molar-refractivity contribution in [3.05, 3.63) is 48.7 Å². The van der Waals surface area contributed by atoms with Crippen LogP contribution < -0.4 is 23.8 Å². The van der Waals surface area contributed by atoms with Gasteiger partial charge in [0.15, 0.2) is 11.5 Å². The van der Waals surface area contributed by atoms with Crippen LogP contribution in [-0.2, 0) is 4.74 Å². The smallest absolute Gasteiger partial charge is 0.414 e. The van der Waals surface area contributed by atoms with Crippen molar-refractivity contribution in [3.63, 3.8) is 0 Å². The van der Waals surface area contributed by atoms with Crippen LogP contribution in [0.25, 0.3) is 10.9 Å². The van der Waals surface area contributed by atoms with E-state index < -0.39 is 0 Å². The number of hydrogen-bond acceptors (Lipinski definition) is 8. The Morgan fingerprint density at radius 1 is 1.03 bits per heavy atom. The minimum absolute atomic E-state index is 0.0720. The molecule has 1 amide bonds. The molecule has 0 N–H and O–H groups in total. The zero-order valence-corrected chi connectivity index (χ0v) is 18.8. The molecule has 176 valence electrons. The normalized spacial score (nSPS) is 20.2. The molecular formula is C25H25N3O6. The topological polar surface area (TPSA) is 82.6 Å². The molecule has 0 spiro atoms. The van der Waals surface area contributed by atoms with Crippen molar-refractivity contribution >= 4 is 22.7 Å². The summed E-state index contributed by atoms with van der Waals surface area (Å²) in [4.78, 5) is 20.8. The second-order valence-electron chi connectivity index (χ2n) is 8.59. The molecule has 0 unspecified atom stereocenters. The van der Waals surface area contributed by atoms with Crippen LogP contribution >= 0.6 is 0 Å². The van der Waals surface area contributed by atoms with E-state index in [2.05, 4.69) is 9.88 Å². The van der Waals surface area contributed by atoms with Gasteiger partial charge in [0.05, 0.1) is 24.9 Å². The van der Waals surface area contributed by atoms with Gasteiger partial charge in [0.25, 0.3) is 0 Å². The lowest BCUT2D eigenvalue weighted by molar-refractivity contribution is -0.00224. The number of fused-ring (bicyclic) bond motifs is 2. The summed E-state index contributed by atoms with van der Waals surface area (Å²) in [5, 5.41) is 0.931. The second-order valence-corrected chi connectivity index (χ2v) is 8.59. The average Bonchev–Trinajstić information content (AvgIpc) is 3.22. The van der Waals surface area contributed by atoms with Crippen molar-refractivity contribution in [1.29, 1.82) is 0 Å². The molecule has 0 bridgehead atoms. The molecule has 2 saturated heterocycles. The summed E-state index contributed by atoms with van der Waals surface area (Å²) >= 11 is 0. The molecule has 0 saturated carbocycles. The number of hydrogen-bond donors (Lipinski definition) is 0. The van der Waals surface area contributed by atoms with Crippen LogP contribution in [0.4, 0.5) is 10.5 Å². The van der Waals surface area contributed by atoms with Crippen molar-refractivity contribution in [2.24, 2.45) is 0 Å². The Morgan fingerprint density at radius 3 is 2.74 bits per heavy atom. The van der Waals surface area contributed by atoms with E-state index in [1.165, 1.54) is 0 Å². The van der Waals surface area contributed by atoms with Gasteiger partial charge >= 0.3 is 6.09 Å². The van der Waals surface area contributed by atoms with Crippen molar-refractivity contribution in [1.82, 2.24) is 9.88 Å². The summed E-state index contributed by atoms with van der Waals surface area (Å²) < 4.78 is 28.4. The largest absolute Gasteiger partial charge is 0.497 e. The first kappa shape index (κ1) is 20.9. The van der Waals surface area contributed by atoms with Gasteiger partial charge in [-0.1, -0.05) is 0 Å². The zero-order chi connectivity index (χ0) is 23.1. The number of likely N-dealkylation sites (tertiary alicyclic amines) is 1. The van der Waals surface area contributed by atoms with Crippen molar-refractivity contribution in [2.45, 2.75) is 12.2 Å². The molecule has 3 aliphatic heterocycles. The molecule has 3 aromatic rings. The molecule has 3 aliphatic rings. The lowest BCUT2D eigenvalue weighted by atomic mass is 10.1. The number of nitrogens with zero attached hydrogens (tertiary/aromatic N) is 3. The van der Waals surface area contributed by atoms with Crippen molar-refractivity contribution in [3.8, 4) is 23.0 Å². The number of aromatic nitrogens is 1. The first-order valence-corrected chi connectivity index (χ1v) is 11.4. The number of methoxy groups -OCH3 is 1. The Hall–Kier alpha value is -3.72. The SMILES string of the molecule is COc1ccc2nccc(OC3CN(C[C@@H]4CN(c5ccc6c(c5)OCCO6)C(=O)O4)C3)c2c1. The first-order chi connectivity index (χ1) is 16.7. The third-order valence-electron chi connectivity index (χ3n) is 6.30. The number of carbonyl (C=O) groups excluding carboxylic acids is 1. The number of rotatable bonds is 6. The molecule has 1 aromatic heterocycles. The number of ether oxygens (including phenoxy) is 5. The predicted molar refractivity (Wildman–Crippen MR) is 124 cm³/mol. The minimum Gasteiger partial charge on any atom is -0.497 e. The molecule has 1 atom stereocenters. The molecule has 4 heterocycles. The number of carbonyl (C=O) groups is 1. The molecular weight excluding hydrogens is 438 g/mol. The first-order valence-electron chi connectivity index (χ1n) is 11.4. The number of pyridine rings is 1. The summed E-state index contributed by atoms with van der Waals surface area (Å²) in [7, 11) is 1.65. The third kappa shape index (κ3) is 3.92. The standard InChI is InChI=1S/C25H25N3O6/c1-30-17-3-4-21-20(11-17)22(6-7-26-21)33-18-12-27(13-18)14-19-15-28(25(29)34-19)16-2-5-23-24(10-16)32-9-8-31-23/h2-7,10-11,18-19H,8-9,12-15H2,1H3/t19-/m1/s1. The van der Waals surface area contributed by atoms with Crippen LogP contribution in [-0.4, -0.2) is 74.7 Å². The minimum atomic E-state index is -0.341. The van der Waals surface area contributed by atoms with Crippen LogP contribution in [0.15, 0.2) is 48.7 Å². The zero-order valence-electron chi connectivity index (χ0n) is 18.8. The number of cyclic esters (lactones) is 1. The maximum absolute atomic E-state index is 12.5. The fourth-order valence-corrected chi connectivity index (χ4v) is 4.57. The summed E-state index contributed by atoms with van der Waals surface area (Å²) in [6, 6.07) is 13.2. The fraction of sp³-hybridized carbons (Fsp3) is 0.360. The highest BCUT2D eigenvalue weighted by Gasteiger charge is 2.37. The van der Waals surface area contributed by atoms with Crippen molar-refractivity contribution < 1.29 is 28.5 Å². The van der Waals surface area contributed by atoms with E-state index >= 15 is 0 Å². The molecule has 2 fully saturated rings. The van der Waals surface area contributed by atoms with E-state index in [0.717, 1.165) is 41.2 Å². The highest BCUT2D eigenvalue weighted by atomic mass is 16.6. The molecule has 0 aliphatic carbocycles. The summed E-state index contributed by atoms with van der Waals surface area (Å²) in [6.07, 6.45) is 1.29. The number of anilines is 1. The van der Waals surface area contributed by atoms with Gasteiger partial charge in [-0.15, -0.1) is 0 Å². The maximum atomic E-state index is 12.5. The summed E-state index contributed by atoms with van der Waals surface area (Å²) in [6.45, 7) is 3.74. The van der Waals surface area contributed by atoms with Gasteiger partial charge in [0.1, 0.15) is 36.9 Å². The molecule has 2 aromatic carbocycles. The highest BCUT2D eigenvalue weighted by Crippen LogP contribution is 2.35. The fourth-order valence-electron chi connectivity index (χ4n) is 4.57. The lowest BCUT2D eigenvalue weighted by Crippen LogP contribution is -2.56. The second kappa shape index (κ2) is 8.57. The molecule has 0 radical (unpaired) electrons. The number of benzene rings is 2. The third-order valence-corrected chi connectivity index (χ3v) is 6.30. The average molecular weight is 463 g/mol. The van der Waals surface area contributed by atoms with Crippen LogP contribution in [0.5, 0.6) is 23.0 Å². The monoisotopic (exact) mass is 463 g/mol. The van der Waals surface area contributed by atoms with Crippen LogP contribution in [0.1, 0.15) is 0 Å². The van der Waals surface area contributed by atoms with Crippen molar-refractivity contribution in [2.75, 3.05) is 51.4 Å². The molecule has 9 nitrogen and oxygen atoms in total. The number of amides is 1. The Labute approximate surface area is 196 Å². The summed E-state index contributed by atoms with van der Waals surface area (Å²) in [5.74, 6) is 2.92. The van der Waals surface area contributed by atoms with E-state index in [9.17, 15) is 4.79 Å². The predicted octanol–water partition coefficient (Wildman–Crippen LogP) is 3.10. The lowest BCUT2D eigenvalue weighted by Gasteiger charge is -2.39. The molecule has 9 heteroatoms. The molecule has 34 heavy (non-hydrogen) atoms. The highest BCUT2D eigenvalue weighted by molar-refractivity contribution is 5.90. The van der Waals surface area contributed by atoms with Gasteiger partial charge in [-0.05, 0) is 36.4 Å². The van der Waals surface area contributed by atoms with E-state index in [4.69, 9.17) is 23.7 Å². The maximum Gasteiger partial charge on any atom is 0.414 e. The Kier molecular flexibility index (Phi) is 5.26. The van der Waals surface area contributed by atoms with E-state index in [-0.39, 0.29) is 18.3 Å². The van der Waals surface area contributed by atoms with Gasteiger partial charge in [0, 0.05) is 37.3 Å². The molecule has 6 rings (SSSR count). The Morgan fingerprint density at radius 2 is 1.88 bits per heavy atom. The van der Waals surface area contributed by atoms with E-state index in [1.54, 1.807) is 18.2 Å². The quantitative estimate of drug-likeness (QED) is 0.552. The van der Waals surface area contributed by atoms with Gasteiger partial charge in [0.2, 0.25) is 0 Å².